The molecule has 1 aliphatic carbocycles. The van der Waals surface area contributed by atoms with Gasteiger partial charge in [-0.25, -0.2) is 13.4 Å². The van der Waals surface area contributed by atoms with Gasteiger partial charge in [0.25, 0.3) is 0 Å². The smallest absolute Gasteiger partial charge is 0.230 e. The fourth-order valence-electron chi connectivity index (χ4n) is 3.89. The summed E-state index contributed by atoms with van der Waals surface area (Å²) < 4.78 is 29.7. The summed E-state index contributed by atoms with van der Waals surface area (Å²) in [4.78, 5) is 9.59. The molecule has 1 heterocycles. The van der Waals surface area contributed by atoms with Crippen LogP contribution in [0.3, 0.4) is 0 Å². The van der Waals surface area contributed by atoms with E-state index in [0.717, 1.165) is 48.1 Å². The minimum absolute atomic E-state index is 0.255. The first-order chi connectivity index (χ1) is 15.2. The highest BCUT2D eigenvalue weighted by Gasteiger charge is 2.21. The van der Waals surface area contributed by atoms with Crippen LogP contribution in [-0.2, 0) is 22.7 Å². The zero-order chi connectivity index (χ0) is 22.9. The minimum Gasteiger partial charge on any atom is -0.438 e. The van der Waals surface area contributed by atoms with Crippen LogP contribution in [0.25, 0.3) is 0 Å². The Morgan fingerprint density at radius 2 is 1.69 bits per heavy atom. The molecule has 7 nitrogen and oxygen atoms in total. The highest BCUT2D eigenvalue weighted by Crippen LogP contribution is 2.35. The van der Waals surface area contributed by atoms with Gasteiger partial charge in [0.1, 0.15) is 5.75 Å². The van der Waals surface area contributed by atoms with Gasteiger partial charge in [0, 0.05) is 17.5 Å². The summed E-state index contributed by atoms with van der Waals surface area (Å²) in [6, 6.07) is 12.3. The normalized spacial score (nSPS) is 13.2. The van der Waals surface area contributed by atoms with Gasteiger partial charge in [0.15, 0.2) is 9.84 Å². The van der Waals surface area contributed by atoms with Crippen LogP contribution < -0.4 is 10.1 Å². The molecule has 0 amide bonds. The lowest BCUT2D eigenvalue weighted by molar-refractivity contribution is 0.442. The monoisotopic (exact) mass is 448 g/mol. The number of anilines is 2. The third-order valence-corrected chi connectivity index (χ3v) is 6.60. The fourth-order valence-corrected chi connectivity index (χ4v) is 4.52. The second-order valence-corrected chi connectivity index (χ2v) is 10.1. The summed E-state index contributed by atoms with van der Waals surface area (Å²) in [6.45, 7) is 3.83. The Balaban J connectivity index is 1.69. The SMILES string of the molecule is Cc1cc(C#N)cc(C)c1Oc1nc(Nc2ccc(S(C)(=O)=O)cc2)nc2c1CCCC2. The van der Waals surface area contributed by atoms with Gasteiger partial charge in [-0.3, -0.25) is 0 Å². The number of nitrogens with one attached hydrogen (secondary N) is 1. The zero-order valence-corrected chi connectivity index (χ0v) is 19.1. The number of nitrogens with zero attached hydrogens (tertiary/aromatic N) is 3. The van der Waals surface area contributed by atoms with Crippen molar-refractivity contribution in [1.29, 1.82) is 5.26 Å². The van der Waals surface area contributed by atoms with Crippen molar-refractivity contribution in [3.05, 3.63) is 64.3 Å². The summed E-state index contributed by atoms with van der Waals surface area (Å²) >= 11 is 0. The predicted octanol–water partition coefficient (Wildman–Crippen LogP) is 4.78. The Labute approximate surface area is 188 Å². The van der Waals surface area contributed by atoms with E-state index in [1.165, 1.54) is 6.26 Å². The third kappa shape index (κ3) is 4.58. The van der Waals surface area contributed by atoms with E-state index in [1.54, 1.807) is 36.4 Å². The van der Waals surface area contributed by atoms with E-state index < -0.39 is 9.84 Å². The van der Waals surface area contributed by atoms with E-state index in [4.69, 9.17) is 9.72 Å². The van der Waals surface area contributed by atoms with Crippen LogP contribution in [0.15, 0.2) is 41.3 Å². The number of aromatic nitrogens is 2. The van der Waals surface area contributed by atoms with E-state index in [2.05, 4.69) is 16.4 Å². The molecule has 0 saturated carbocycles. The Morgan fingerprint density at radius 1 is 1.03 bits per heavy atom. The number of benzene rings is 2. The van der Waals surface area contributed by atoms with E-state index in [1.807, 2.05) is 13.8 Å². The molecule has 1 aliphatic rings. The second kappa shape index (κ2) is 8.60. The molecule has 0 radical (unpaired) electrons. The molecule has 0 aliphatic heterocycles. The van der Waals surface area contributed by atoms with Crippen molar-refractivity contribution in [3.8, 4) is 17.7 Å². The lowest BCUT2D eigenvalue weighted by Gasteiger charge is -2.20. The average molecular weight is 449 g/mol. The maximum Gasteiger partial charge on any atom is 0.230 e. The molecule has 0 saturated heterocycles. The number of rotatable bonds is 5. The molecule has 4 rings (SSSR count). The maximum absolute atomic E-state index is 11.7. The number of sulfone groups is 1. The molecule has 1 N–H and O–H groups in total. The molecule has 0 bridgehead atoms. The van der Waals surface area contributed by atoms with Crippen molar-refractivity contribution >= 4 is 21.5 Å². The standard InChI is InChI=1S/C24H24N4O3S/c1-15-12-17(14-25)13-16(2)22(15)31-23-20-6-4-5-7-21(20)27-24(28-23)26-18-8-10-19(11-9-18)32(3,29)30/h8-13H,4-7H2,1-3H3,(H,26,27,28). The predicted molar refractivity (Wildman–Crippen MR) is 122 cm³/mol. The Hall–Kier alpha value is -3.44. The molecule has 8 heteroatoms. The Bertz CT molecular complexity index is 1300. The molecule has 1 aromatic heterocycles. The number of hydrogen-bond acceptors (Lipinski definition) is 7. The van der Waals surface area contributed by atoms with Gasteiger partial charge in [0.05, 0.1) is 22.2 Å². The number of nitriles is 1. The summed E-state index contributed by atoms with van der Waals surface area (Å²) in [5, 5.41) is 12.4. The molecule has 0 atom stereocenters. The van der Waals surface area contributed by atoms with Gasteiger partial charge in [-0.15, -0.1) is 0 Å². The summed E-state index contributed by atoms with van der Waals surface area (Å²) in [5.74, 6) is 1.61. The van der Waals surface area contributed by atoms with Crippen molar-refractivity contribution in [2.24, 2.45) is 0 Å². The molecule has 0 fully saturated rings. The molecule has 32 heavy (non-hydrogen) atoms. The maximum atomic E-state index is 11.7. The highest BCUT2D eigenvalue weighted by molar-refractivity contribution is 7.90. The number of ether oxygens (including phenoxy) is 1. The van der Waals surface area contributed by atoms with E-state index in [9.17, 15) is 13.7 Å². The van der Waals surface area contributed by atoms with Crippen LogP contribution in [-0.4, -0.2) is 24.6 Å². The van der Waals surface area contributed by atoms with Gasteiger partial charge >= 0.3 is 0 Å². The fraction of sp³-hybridized carbons (Fsp3) is 0.292. The first-order valence-corrected chi connectivity index (χ1v) is 12.3. The summed E-state index contributed by atoms with van der Waals surface area (Å²) in [5.41, 5.74) is 4.99. The molecule has 3 aromatic rings. The summed E-state index contributed by atoms with van der Waals surface area (Å²) in [7, 11) is -3.26. The number of fused-ring (bicyclic) bond motifs is 1. The van der Waals surface area contributed by atoms with E-state index in [-0.39, 0.29) is 4.90 Å². The average Bonchev–Trinajstić information content (AvgIpc) is 2.75. The molecule has 0 unspecified atom stereocenters. The van der Waals surface area contributed by atoms with Crippen molar-refractivity contribution in [2.45, 2.75) is 44.4 Å². The largest absolute Gasteiger partial charge is 0.438 e. The Kier molecular flexibility index (Phi) is 5.85. The van der Waals surface area contributed by atoms with Crippen LogP contribution >= 0.6 is 0 Å². The van der Waals surface area contributed by atoms with E-state index in [0.29, 0.717) is 28.8 Å². The van der Waals surface area contributed by atoms with Gasteiger partial charge in [-0.2, -0.15) is 10.2 Å². The summed E-state index contributed by atoms with van der Waals surface area (Å²) in [6.07, 6.45) is 4.99. The Morgan fingerprint density at radius 3 is 2.31 bits per heavy atom. The minimum atomic E-state index is -3.26. The lowest BCUT2D eigenvalue weighted by Crippen LogP contribution is -2.12. The van der Waals surface area contributed by atoms with Gasteiger partial charge in [-0.1, -0.05) is 0 Å². The molecule has 0 spiro atoms. The number of hydrogen-bond donors (Lipinski definition) is 1. The van der Waals surface area contributed by atoms with Gasteiger partial charge in [0.2, 0.25) is 11.8 Å². The molecule has 164 valence electrons. The zero-order valence-electron chi connectivity index (χ0n) is 18.3. The van der Waals surface area contributed by atoms with Crippen LogP contribution in [0, 0.1) is 25.2 Å². The lowest BCUT2D eigenvalue weighted by atomic mass is 9.97. The number of aryl methyl sites for hydroxylation is 3. The quantitative estimate of drug-likeness (QED) is 0.598. The third-order valence-electron chi connectivity index (χ3n) is 5.47. The van der Waals surface area contributed by atoms with Crippen LogP contribution in [0.4, 0.5) is 11.6 Å². The van der Waals surface area contributed by atoms with Gasteiger partial charge in [-0.05, 0) is 87.1 Å². The van der Waals surface area contributed by atoms with Crippen LogP contribution in [0.2, 0.25) is 0 Å². The molecular formula is C24H24N4O3S. The molecule has 2 aromatic carbocycles. The highest BCUT2D eigenvalue weighted by atomic mass is 32.2. The molecular weight excluding hydrogens is 424 g/mol. The van der Waals surface area contributed by atoms with Crippen LogP contribution in [0.1, 0.15) is 40.8 Å². The van der Waals surface area contributed by atoms with Crippen molar-refractivity contribution in [1.82, 2.24) is 9.97 Å². The first-order valence-electron chi connectivity index (χ1n) is 10.4. The van der Waals surface area contributed by atoms with Crippen LogP contribution in [0.5, 0.6) is 11.6 Å². The van der Waals surface area contributed by atoms with Crippen molar-refractivity contribution < 1.29 is 13.2 Å². The second-order valence-electron chi connectivity index (χ2n) is 8.06. The van der Waals surface area contributed by atoms with Crippen molar-refractivity contribution in [2.75, 3.05) is 11.6 Å². The van der Waals surface area contributed by atoms with Crippen molar-refractivity contribution in [3.63, 3.8) is 0 Å². The first kappa shape index (κ1) is 21.8. The topological polar surface area (TPSA) is 105 Å². The van der Waals surface area contributed by atoms with Gasteiger partial charge < -0.3 is 10.1 Å². The van der Waals surface area contributed by atoms with E-state index >= 15 is 0 Å².